The summed E-state index contributed by atoms with van der Waals surface area (Å²) < 4.78 is 13.0. The summed E-state index contributed by atoms with van der Waals surface area (Å²) in [5.41, 5.74) is 1.74. The topological polar surface area (TPSA) is 110 Å². The minimum Gasteiger partial charge on any atom is -0.548 e. The van der Waals surface area contributed by atoms with Crippen LogP contribution in [0.15, 0.2) is 48.5 Å². The van der Waals surface area contributed by atoms with E-state index in [2.05, 4.69) is 5.32 Å². The second-order valence-corrected chi connectivity index (χ2v) is 6.12. The molecule has 2 N–H and O–H groups in total. The Morgan fingerprint density at radius 2 is 1.57 bits per heavy atom. The summed E-state index contributed by atoms with van der Waals surface area (Å²) in [4.78, 5) is 36.5. The maximum atomic E-state index is 13.0. The molecule has 3 rings (SSSR count). The number of carboxylic acids is 2. The summed E-state index contributed by atoms with van der Waals surface area (Å²) in [6.45, 7) is 0.196. The molecule has 0 bridgehead atoms. The fourth-order valence-electron chi connectivity index (χ4n) is 3.10. The summed E-state index contributed by atoms with van der Waals surface area (Å²) in [5, 5.41) is 23.2. The average molecular weight is 394 g/mol. The fourth-order valence-corrected chi connectivity index (χ4v) is 3.10. The molecule has 9 heteroatoms. The Morgan fingerprint density at radius 3 is 2.07 bits per heavy atom. The van der Waals surface area contributed by atoms with Gasteiger partial charge in [0.25, 0.3) is 5.91 Å². The molecule has 1 fully saturated rings. The van der Waals surface area contributed by atoms with Crippen molar-refractivity contribution in [3.63, 3.8) is 0 Å². The van der Waals surface area contributed by atoms with Crippen LogP contribution in [0.1, 0.15) is 10.4 Å². The molecule has 1 heterocycles. The molecular weight excluding hydrogens is 378 g/mol. The minimum absolute atomic E-state index is 0. The first kappa shape index (κ1) is 22.0. The van der Waals surface area contributed by atoms with Gasteiger partial charge in [-0.1, -0.05) is 24.3 Å². The van der Waals surface area contributed by atoms with Crippen LogP contribution in [-0.2, 0) is 9.59 Å². The summed E-state index contributed by atoms with van der Waals surface area (Å²) >= 11 is 0. The first-order chi connectivity index (χ1) is 12.9. The maximum Gasteiger partial charge on any atom is 1.00 e. The Balaban J connectivity index is 0.00000280. The second-order valence-electron chi connectivity index (χ2n) is 6.12. The van der Waals surface area contributed by atoms with Gasteiger partial charge in [0.1, 0.15) is 11.9 Å². The van der Waals surface area contributed by atoms with Crippen molar-refractivity contribution in [3.05, 3.63) is 59.9 Å². The van der Waals surface area contributed by atoms with Gasteiger partial charge in [-0.25, -0.2) is 4.39 Å². The number of piperazine rings is 1. The number of benzene rings is 2. The number of nitrogens with one attached hydrogen (secondary N) is 1. The second kappa shape index (κ2) is 9.29. The van der Waals surface area contributed by atoms with Crippen LogP contribution in [-0.4, -0.2) is 53.0 Å². The van der Waals surface area contributed by atoms with E-state index in [0.29, 0.717) is 0 Å². The van der Waals surface area contributed by atoms with Crippen LogP contribution in [0.2, 0.25) is 0 Å². The zero-order chi connectivity index (χ0) is 19.6. The number of rotatable bonds is 4. The molecule has 0 spiro atoms. The molecule has 1 saturated heterocycles. The summed E-state index contributed by atoms with van der Waals surface area (Å²) in [5.74, 6) is -3.95. The van der Waals surface area contributed by atoms with Crippen LogP contribution in [0.5, 0.6) is 0 Å². The van der Waals surface area contributed by atoms with Crippen molar-refractivity contribution in [3.8, 4) is 11.1 Å². The monoisotopic (exact) mass is 394 g/mol. The molecule has 0 unspecified atom stereocenters. The Bertz CT molecular complexity index is 873. The van der Waals surface area contributed by atoms with Gasteiger partial charge in [-0.3, -0.25) is 9.59 Å². The minimum atomic E-state index is -1.63. The molecule has 2 aromatic rings. The summed E-state index contributed by atoms with van der Waals surface area (Å²) in [6, 6.07) is 9.16. The zero-order valence-electron chi connectivity index (χ0n) is 15.1. The molecule has 0 radical (unpaired) electrons. The van der Waals surface area contributed by atoms with E-state index in [1.54, 1.807) is 24.3 Å². The van der Waals surface area contributed by atoms with Gasteiger partial charge in [-0.15, -0.1) is 0 Å². The number of aliphatic carboxylic acids is 2. The predicted octanol–water partition coefficient (Wildman–Crippen LogP) is -2.89. The molecule has 140 valence electrons. The molecule has 2 aromatic carbocycles. The van der Waals surface area contributed by atoms with Crippen LogP contribution >= 0.6 is 0 Å². The number of nitrogens with zero attached hydrogens (tertiary/aromatic N) is 1. The van der Waals surface area contributed by atoms with E-state index in [-0.39, 0.29) is 54.0 Å². The Labute approximate surface area is 182 Å². The number of amides is 1. The van der Waals surface area contributed by atoms with Crippen molar-refractivity contribution in [2.24, 2.45) is 0 Å². The number of hydrogen-bond donors (Lipinski definition) is 2. The molecule has 7 nitrogen and oxygen atoms in total. The van der Waals surface area contributed by atoms with Crippen LogP contribution in [0.4, 0.5) is 4.39 Å². The van der Waals surface area contributed by atoms with Gasteiger partial charge in [-0.2, -0.15) is 0 Å². The van der Waals surface area contributed by atoms with Gasteiger partial charge in [-0.05, 0) is 35.4 Å². The molecule has 1 aliphatic heterocycles. The molecule has 0 aliphatic carbocycles. The smallest absolute Gasteiger partial charge is 0.548 e. The standard InChI is InChI=1S/C19H17FN2O5.Na/c20-14-7-5-12(6-8-14)11-1-3-13(4-2-11)17(23)22-10-9-21-15(18(24)25)16(22)19(26)27;/h1-8,15-16,21H,9-10H2,(H,24,25)(H,26,27);/q;+1/p-1/t15-,16+;/m0./s1. The third kappa shape index (κ3) is 4.59. The van der Waals surface area contributed by atoms with Gasteiger partial charge in [0.2, 0.25) is 0 Å². The molecule has 1 amide bonds. The summed E-state index contributed by atoms with van der Waals surface area (Å²) in [6.07, 6.45) is 0. The first-order valence-electron chi connectivity index (χ1n) is 8.22. The fraction of sp³-hybridized carbons (Fsp3) is 0.211. The van der Waals surface area contributed by atoms with E-state index in [0.717, 1.165) is 16.0 Å². The Hall–Kier alpha value is -2.26. The van der Waals surface area contributed by atoms with Crippen molar-refractivity contribution in [1.82, 2.24) is 10.2 Å². The van der Waals surface area contributed by atoms with Crippen LogP contribution in [0.25, 0.3) is 11.1 Å². The molecular formula is C19H16FN2NaO5. The van der Waals surface area contributed by atoms with Gasteiger partial charge in [0.15, 0.2) is 0 Å². The normalized spacial score (nSPS) is 18.8. The van der Waals surface area contributed by atoms with Crippen molar-refractivity contribution in [2.75, 3.05) is 13.1 Å². The van der Waals surface area contributed by atoms with E-state index in [9.17, 15) is 29.0 Å². The third-order valence-electron chi connectivity index (χ3n) is 4.45. The van der Waals surface area contributed by atoms with Gasteiger partial charge >= 0.3 is 35.5 Å². The van der Waals surface area contributed by atoms with Gasteiger partial charge in [0.05, 0.1) is 12.0 Å². The van der Waals surface area contributed by atoms with Crippen molar-refractivity contribution in [2.45, 2.75) is 12.1 Å². The summed E-state index contributed by atoms with van der Waals surface area (Å²) in [7, 11) is 0. The predicted molar refractivity (Wildman–Crippen MR) is 91.1 cm³/mol. The van der Waals surface area contributed by atoms with Gasteiger partial charge < -0.3 is 25.2 Å². The van der Waals surface area contributed by atoms with E-state index < -0.39 is 29.9 Å². The number of halogens is 1. The van der Waals surface area contributed by atoms with Crippen molar-refractivity contribution < 1.29 is 58.5 Å². The van der Waals surface area contributed by atoms with E-state index in [1.165, 1.54) is 24.3 Å². The molecule has 28 heavy (non-hydrogen) atoms. The third-order valence-corrected chi connectivity index (χ3v) is 4.45. The number of hydrogen-bond acceptors (Lipinski definition) is 5. The number of carbonyl (C=O) groups excluding carboxylic acids is 2. The van der Waals surface area contributed by atoms with Crippen LogP contribution in [0, 0.1) is 5.82 Å². The van der Waals surface area contributed by atoms with Crippen LogP contribution < -0.4 is 40.0 Å². The Kier molecular flexibility index (Phi) is 7.31. The molecule has 1 aliphatic rings. The molecule has 0 aromatic heterocycles. The zero-order valence-corrected chi connectivity index (χ0v) is 17.1. The quantitative estimate of drug-likeness (QED) is 0.539. The van der Waals surface area contributed by atoms with Crippen molar-refractivity contribution >= 4 is 17.8 Å². The Morgan fingerprint density at radius 1 is 1.04 bits per heavy atom. The van der Waals surface area contributed by atoms with E-state index in [4.69, 9.17) is 0 Å². The van der Waals surface area contributed by atoms with Gasteiger partial charge in [0, 0.05) is 18.7 Å². The number of carbonyl (C=O) groups is 3. The number of carboxylic acid groups (broad SMARTS) is 2. The SMILES string of the molecule is O=C(O)[C@H]1NCCN(C(=O)c2ccc(-c3ccc(F)cc3)cc2)[C@H]1C(=O)[O-].[Na+]. The largest absolute Gasteiger partial charge is 1.00 e. The van der Waals surface area contributed by atoms with E-state index >= 15 is 0 Å². The van der Waals surface area contributed by atoms with Crippen LogP contribution in [0.3, 0.4) is 0 Å². The average Bonchev–Trinajstić information content (AvgIpc) is 2.67. The van der Waals surface area contributed by atoms with E-state index in [1.807, 2.05) is 0 Å². The molecule has 0 saturated carbocycles. The first-order valence-corrected chi connectivity index (χ1v) is 8.22. The van der Waals surface area contributed by atoms with Crippen molar-refractivity contribution in [1.29, 1.82) is 0 Å². The maximum absolute atomic E-state index is 13.0. The molecule has 2 atom stereocenters.